The number of hydrogen-bond donors (Lipinski definition) is 3. The minimum atomic E-state index is -1.09. The van der Waals surface area contributed by atoms with Crippen molar-refractivity contribution in [2.75, 3.05) is 12.4 Å². The molecule has 8 heteroatoms. The number of carboxylic acids is 1. The number of halogens is 1. The molecule has 24 heavy (non-hydrogen) atoms. The van der Waals surface area contributed by atoms with Crippen molar-refractivity contribution in [1.29, 1.82) is 0 Å². The molecule has 0 radical (unpaired) electrons. The number of aromatic carboxylic acids is 1. The van der Waals surface area contributed by atoms with E-state index in [1.807, 2.05) is 22.6 Å². The molecule has 1 amide bonds. The Labute approximate surface area is 157 Å². The first-order valence-corrected chi connectivity index (χ1v) is 8.18. The summed E-state index contributed by atoms with van der Waals surface area (Å²) >= 11 is 7.10. The molecule has 6 nitrogen and oxygen atoms in total. The Bertz CT molecular complexity index is 810. The maximum absolute atomic E-state index is 12.2. The highest BCUT2D eigenvalue weighted by molar-refractivity contribution is 14.1. The Kier molecular flexibility index (Phi) is 6.10. The number of methoxy groups -OCH3 is 1. The van der Waals surface area contributed by atoms with E-state index in [1.54, 1.807) is 36.4 Å². The van der Waals surface area contributed by atoms with Gasteiger partial charge in [-0.25, -0.2) is 4.79 Å². The number of ether oxygens (including phenoxy) is 1. The molecular weight excluding hydrogens is 443 g/mol. The van der Waals surface area contributed by atoms with E-state index in [2.05, 4.69) is 10.6 Å². The average molecular weight is 456 g/mol. The first-order valence-electron chi connectivity index (χ1n) is 6.70. The van der Waals surface area contributed by atoms with Crippen LogP contribution in [0.5, 0.6) is 5.75 Å². The zero-order valence-electron chi connectivity index (χ0n) is 12.5. The number of carbonyl (C=O) groups excluding carboxylic acids is 1. The maximum atomic E-state index is 12.2. The van der Waals surface area contributed by atoms with E-state index in [0.29, 0.717) is 17.0 Å². The minimum Gasteiger partial charge on any atom is -0.497 e. The molecule has 0 saturated carbocycles. The molecule has 124 valence electrons. The van der Waals surface area contributed by atoms with Gasteiger partial charge < -0.3 is 15.2 Å². The fourth-order valence-corrected chi connectivity index (χ4v) is 2.59. The second-order valence-electron chi connectivity index (χ2n) is 4.64. The van der Waals surface area contributed by atoms with Gasteiger partial charge in [-0.05, 0) is 71.2 Å². The van der Waals surface area contributed by atoms with Crippen LogP contribution < -0.4 is 15.4 Å². The number of carbonyl (C=O) groups is 2. The summed E-state index contributed by atoms with van der Waals surface area (Å²) < 4.78 is 5.84. The van der Waals surface area contributed by atoms with E-state index in [4.69, 9.17) is 17.0 Å². The molecule has 0 aliphatic heterocycles. The van der Waals surface area contributed by atoms with Gasteiger partial charge in [0.05, 0.1) is 18.4 Å². The SMILES string of the molecule is COc1cccc(C(=O)NC(=S)Nc2ccc(I)cc2C(=O)O)c1. The van der Waals surface area contributed by atoms with Gasteiger partial charge in [0.2, 0.25) is 0 Å². The van der Waals surface area contributed by atoms with Gasteiger partial charge in [-0.2, -0.15) is 0 Å². The lowest BCUT2D eigenvalue weighted by molar-refractivity contribution is 0.0697. The summed E-state index contributed by atoms with van der Waals surface area (Å²) in [4.78, 5) is 23.5. The second-order valence-corrected chi connectivity index (χ2v) is 6.29. The molecule has 0 heterocycles. The Morgan fingerprint density at radius 2 is 1.96 bits per heavy atom. The number of benzene rings is 2. The molecule has 0 bridgehead atoms. The lowest BCUT2D eigenvalue weighted by Gasteiger charge is -2.12. The number of anilines is 1. The Balaban J connectivity index is 2.11. The maximum Gasteiger partial charge on any atom is 0.337 e. The normalized spacial score (nSPS) is 9.92. The van der Waals surface area contributed by atoms with E-state index in [9.17, 15) is 14.7 Å². The Hall–Kier alpha value is -2.20. The largest absolute Gasteiger partial charge is 0.497 e. The van der Waals surface area contributed by atoms with Crippen molar-refractivity contribution in [3.8, 4) is 5.75 Å². The molecule has 2 aromatic carbocycles. The summed E-state index contributed by atoms with van der Waals surface area (Å²) in [5.74, 6) is -0.959. The molecule has 0 atom stereocenters. The van der Waals surface area contributed by atoms with Gasteiger partial charge >= 0.3 is 5.97 Å². The van der Waals surface area contributed by atoms with Crippen molar-refractivity contribution in [3.05, 3.63) is 57.2 Å². The third-order valence-electron chi connectivity index (χ3n) is 3.02. The molecule has 0 saturated heterocycles. The molecule has 0 aliphatic carbocycles. The summed E-state index contributed by atoms with van der Waals surface area (Å²) in [5, 5.41) is 14.5. The first kappa shape index (κ1) is 18.1. The van der Waals surface area contributed by atoms with E-state index in [1.165, 1.54) is 13.2 Å². The number of thiocarbonyl (C=S) groups is 1. The van der Waals surface area contributed by atoms with Crippen molar-refractivity contribution < 1.29 is 19.4 Å². The molecule has 3 N–H and O–H groups in total. The van der Waals surface area contributed by atoms with Crippen molar-refractivity contribution in [3.63, 3.8) is 0 Å². The molecule has 2 rings (SSSR count). The van der Waals surface area contributed by atoms with Crippen molar-refractivity contribution in [2.45, 2.75) is 0 Å². The van der Waals surface area contributed by atoms with Crippen molar-refractivity contribution >= 4 is 57.5 Å². The smallest absolute Gasteiger partial charge is 0.337 e. The van der Waals surface area contributed by atoms with Gasteiger partial charge in [0.1, 0.15) is 5.75 Å². The van der Waals surface area contributed by atoms with Gasteiger partial charge in [0.25, 0.3) is 5.91 Å². The van der Waals surface area contributed by atoms with Crippen LogP contribution >= 0.6 is 34.8 Å². The van der Waals surface area contributed by atoms with E-state index >= 15 is 0 Å². The summed E-state index contributed by atoms with van der Waals surface area (Å²) in [6.45, 7) is 0. The lowest BCUT2D eigenvalue weighted by Crippen LogP contribution is -2.34. The predicted molar refractivity (Wildman–Crippen MR) is 103 cm³/mol. The summed E-state index contributed by atoms with van der Waals surface area (Å²) in [7, 11) is 1.51. The summed E-state index contributed by atoms with van der Waals surface area (Å²) in [6, 6.07) is 11.4. The molecule has 0 unspecified atom stereocenters. The summed E-state index contributed by atoms with van der Waals surface area (Å²) in [6.07, 6.45) is 0. The fraction of sp³-hybridized carbons (Fsp3) is 0.0625. The highest BCUT2D eigenvalue weighted by atomic mass is 127. The fourth-order valence-electron chi connectivity index (χ4n) is 1.90. The molecule has 0 fully saturated rings. The van der Waals surface area contributed by atoms with E-state index in [0.717, 1.165) is 3.57 Å². The number of carboxylic acid groups (broad SMARTS) is 1. The van der Waals surface area contributed by atoms with Gasteiger partial charge in [-0.1, -0.05) is 6.07 Å². The van der Waals surface area contributed by atoms with Crippen LogP contribution in [0.25, 0.3) is 0 Å². The summed E-state index contributed by atoms with van der Waals surface area (Å²) in [5.41, 5.74) is 0.748. The third-order valence-corrected chi connectivity index (χ3v) is 3.89. The van der Waals surface area contributed by atoms with Crippen LogP contribution in [0.3, 0.4) is 0 Å². The van der Waals surface area contributed by atoms with Crippen LogP contribution in [0.1, 0.15) is 20.7 Å². The van der Waals surface area contributed by atoms with Crippen LogP contribution in [0.4, 0.5) is 5.69 Å². The van der Waals surface area contributed by atoms with Crippen LogP contribution in [-0.2, 0) is 0 Å². The van der Waals surface area contributed by atoms with Crippen molar-refractivity contribution in [1.82, 2.24) is 5.32 Å². The van der Waals surface area contributed by atoms with Crippen molar-refractivity contribution in [2.24, 2.45) is 0 Å². The van der Waals surface area contributed by atoms with Crippen LogP contribution in [0.15, 0.2) is 42.5 Å². The van der Waals surface area contributed by atoms with Crippen LogP contribution in [-0.4, -0.2) is 29.2 Å². The van der Waals surface area contributed by atoms with Gasteiger partial charge in [0, 0.05) is 9.13 Å². The molecule has 0 aromatic heterocycles. The monoisotopic (exact) mass is 456 g/mol. The molecule has 2 aromatic rings. The lowest BCUT2D eigenvalue weighted by atomic mass is 10.2. The number of hydrogen-bond acceptors (Lipinski definition) is 4. The Morgan fingerprint density at radius 3 is 2.62 bits per heavy atom. The zero-order valence-corrected chi connectivity index (χ0v) is 15.5. The molecule has 0 aliphatic rings. The number of amides is 1. The predicted octanol–water partition coefficient (Wildman–Crippen LogP) is 3.12. The number of rotatable bonds is 4. The highest BCUT2D eigenvalue weighted by Crippen LogP contribution is 2.19. The van der Waals surface area contributed by atoms with E-state index < -0.39 is 11.9 Å². The van der Waals surface area contributed by atoms with Gasteiger partial charge in [0.15, 0.2) is 5.11 Å². The highest BCUT2D eigenvalue weighted by Gasteiger charge is 2.14. The average Bonchev–Trinajstić information content (AvgIpc) is 2.56. The van der Waals surface area contributed by atoms with Gasteiger partial charge in [-0.15, -0.1) is 0 Å². The standard InChI is InChI=1S/C16H13IN2O4S/c1-23-11-4-2-3-9(7-11)14(20)19-16(24)18-13-6-5-10(17)8-12(13)15(21)22/h2-8H,1H3,(H,21,22)(H2,18,19,20,24). The Morgan fingerprint density at radius 1 is 1.21 bits per heavy atom. The van der Waals surface area contributed by atoms with E-state index in [-0.39, 0.29) is 10.7 Å². The minimum absolute atomic E-state index is 0.00604. The zero-order chi connectivity index (χ0) is 17.7. The third kappa shape index (κ3) is 4.65. The first-order chi connectivity index (χ1) is 11.4. The quantitative estimate of drug-likeness (QED) is 0.484. The molecular formula is C16H13IN2O4S. The number of nitrogens with one attached hydrogen (secondary N) is 2. The van der Waals surface area contributed by atoms with Crippen LogP contribution in [0, 0.1) is 3.57 Å². The topological polar surface area (TPSA) is 87.7 Å². The second kappa shape index (κ2) is 8.06. The van der Waals surface area contributed by atoms with Gasteiger partial charge in [-0.3, -0.25) is 10.1 Å². The molecule has 0 spiro atoms. The van der Waals surface area contributed by atoms with Crippen LogP contribution in [0.2, 0.25) is 0 Å².